The average molecular weight is 229 g/mol. The quantitative estimate of drug-likeness (QED) is 0.825. The lowest BCUT2D eigenvalue weighted by atomic mass is 9.96. The summed E-state index contributed by atoms with van der Waals surface area (Å²) in [5.41, 5.74) is -0.108. The molecule has 0 spiro atoms. The Morgan fingerprint density at radius 3 is 2.53 bits per heavy atom. The Labute approximate surface area is 92.7 Å². The lowest BCUT2D eigenvalue weighted by molar-refractivity contribution is -0.137. The van der Waals surface area contributed by atoms with Crippen molar-refractivity contribution in [2.75, 3.05) is 5.32 Å². The van der Waals surface area contributed by atoms with Crippen molar-refractivity contribution in [2.45, 2.75) is 39.2 Å². The lowest BCUT2D eigenvalue weighted by Crippen LogP contribution is -2.25. The third kappa shape index (κ3) is 3.16. The monoisotopic (exact) mass is 229 g/mol. The first kappa shape index (κ1) is 11.9. The Hall–Kier alpha value is -1.17. The maximum Gasteiger partial charge on any atom is 0.325 e. The van der Waals surface area contributed by atoms with E-state index >= 15 is 0 Å². The first-order valence-electron chi connectivity index (χ1n) is 4.64. The molecular formula is C9H15N3O2S. The van der Waals surface area contributed by atoms with Crippen LogP contribution in [0, 0.1) is 0 Å². The molecule has 1 aromatic heterocycles. The van der Waals surface area contributed by atoms with Crippen molar-refractivity contribution in [3.05, 3.63) is 5.82 Å². The maximum atomic E-state index is 10.6. The van der Waals surface area contributed by atoms with E-state index in [1.807, 2.05) is 20.8 Å². The van der Waals surface area contributed by atoms with Gasteiger partial charge in [0.25, 0.3) is 0 Å². The molecule has 0 bridgehead atoms. The topological polar surface area (TPSA) is 75.1 Å². The summed E-state index contributed by atoms with van der Waals surface area (Å²) in [5.74, 6) is -0.171. The zero-order chi connectivity index (χ0) is 11.6. The molecule has 0 aliphatic rings. The molecule has 6 heteroatoms. The summed E-state index contributed by atoms with van der Waals surface area (Å²) < 4.78 is 4.17. The van der Waals surface area contributed by atoms with Gasteiger partial charge in [-0.2, -0.15) is 4.37 Å². The van der Waals surface area contributed by atoms with E-state index < -0.39 is 12.0 Å². The van der Waals surface area contributed by atoms with Crippen LogP contribution in [0.4, 0.5) is 5.13 Å². The number of nitrogens with zero attached hydrogens (tertiary/aromatic N) is 2. The van der Waals surface area contributed by atoms with Crippen LogP contribution in [0.3, 0.4) is 0 Å². The van der Waals surface area contributed by atoms with Crippen molar-refractivity contribution in [1.82, 2.24) is 9.36 Å². The second-order valence-electron chi connectivity index (χ2n) is 4.38. The van der Waals surface area contributed by atoms with E-state index in [-0.39, 0.29) is 5.41 Å². The van der Waals surface area contributed by atoms with Gasteiger partial charge in [0.05, 0.1) is 0 Å². The molecule has 0 radical (unpaired) electrons. The van der Waals surface area contributed by atoms with Crippen LogP contribution in [0.2, 0.25) is 0 Å². The van der Waals surface area contributed by atoms with Gasteiger partial charge in [0.15, 0.2) is 0 Å². The van der Waals surface area contributed by atoms with Gasteiger partial charge in [-0.05, 0) is 6.92 Å². The Bertz CT molecular complexity index is 356. The molecule has 2 N–H and O–H groups in total. The molecule has 5 nitrogen and oxygen atoms in total. The lowest BCUT2D eigenvalue weighted by Gasteiger charge is -2.12. The molecular weight excluding hydrogens is 214 g/mol. The maximum absolute atomic E-state index is 10.6. The molecule has 1 atom stereocenters. The summed E-state index contributed by atoms with van der Waals surface area (Å²) in [6.45, 7) is 7.61. The average Bonchev–Trinajstić information content (AvgIpc) is 2.51. The standard InChI is InChI=1S/C9H15N3O2S/c1-5(6(13)14)10-8-11-7(12-15-8)9(2,3)4/h5H,1-4H3,(H,13,14)(H,10,11,12)/t5-/m0/s1. The van der Waals surface area contributed by atoms with Crippen LogP contribution < -0.4 is 5.32 Å². The van der Waals surface area contributed by atoms with Crippen LogP contribution in [0.25, 0.3) is 0 Å². The molecule has 15 heavy (non-hydrogen) atoms. The Morgan fingerprint density at radius 2 is 2.13 bits per heavy atom. The number of carboxylic acid groups (broad SMARTS) is 1. The third-order valence-corrected chi connectivity index (χ3v) is 2.45. The third-order valence-electron chi connectivity index (χ3n) is 1.81. The van der Waals surface area contributed by atoms with Crippen LogP contribution in [0.5, 0.6) is 0 Å². The highest BCUT2D eigenvalue weighted by Crippen LogP contribution is 2.23. The van der Waals surface area contributed by atoms with Crippen molar-refractivity contribution in [3.8, 4) is 0 Å². The summed E-state index contributed by atoms with van der Waals surface area (Å²) in [6.07, 6.45) is 0. The van der Waals surface area contributed by atoms with E-state index in [0.717, 1.165) is 5.82 Å². The van der Waals surface area contributed by atoms with Gasteiger partial charge in [0.2, 0.25) is 5.13 Å². The first-order valence-corrected chi connectivity index (χ1v) is 5.41. The van der Waals surface area contributed by atoms with Gasteiger partial charge in [-0.3, -0.25) is 4.79 Å². The molecule has 1 aromatic rings. The summed E-state index contributed by atoms with van der Waals surface area (Å²) >= 11 is 1.19. The summed E-state index contributed by atoms with van der Waals surface area (Å²) in [7, 11) is 0. The van der Waals surface area contributed by atoms with Crippen LogP contribution in [0.1, 0.15) is 33.5 Å². The van der Waals surface area contributed by atoms with Gasteiger partial charge in [-0.1, -0.05) is 20.8 Å². The first-order chi connectivity index (χ1) is 6.80. The fourth-order valence-corrected chi connectivity index (χ4v) is 1.68. The van der Waals surface area contributed by atoms with Gasteiger partial charge in [0, 0.05) is 16.9 Å². The highest BCUT2D eigenvalue weighted by Gasteiger charge is 2.20. The Balaban J connectivity index is 2.73. The van der Waals surface area contributed by atoms with Crippen molar-refractivity contribution in [2.24, 2.45) is 0 Å². The van der Waals surface area contributed by atoms with Gasteiger partial charge in [-0.15, -0.1) is 0 Å². The molecule has 0 aliphatic carbocycles. The van der Waals surface area contributed by atoms with E-state index in [2.05, 4.69) is 14.7 Å². The molecule has 0 saturated heterocycles. The second kappa shape index (κ2) is 4.14. The predicted octanol–water partition coefficient (Wildman–Crippen LogP) is 1.72. The number of hydrogen-bond donors (Lipinski definition) is 2. The van der Waals surface area contributed by atoms with Crippen molar-refractivity contribution < 1.29 is 9.90 Å². The molecule has 0 saturated carbocycles. The number of aromatic nitrogens is 2. The van der Waals surface area contributed by atoms with Crippen molar-refractivity contribution >= 4 is 22.6 Å². The number of rotatable bonds is 3. The number of nitrogens with one attached hydrogen (secondary N) is 1. The van der Waals surface area contributed by atoms with Crippen LogP contribution in [-0.2, 0) is 10.2 Å². The largest absolute Gasteiger partial charge is 0.480 e. The zero-order valence-electron chi connectivity index (χ0n) is 9.24. The SMILES string of the molecule is C[C@H](Nc1nc(C(C)(C)C)ns1)C(=O)O. The minimum Gasteiger partial charge on any atom is -0.480 e. The van der Waals surface area contributed by atoms with E-state index in [9.17, 15) is 4.79 Å². The number of anilines is 1. The number of carboxylic acids is 1. The van der Waals surface area contributed by atoms with Gasteiger partial charge < -0.3 is 10.4 Å². The van der Waals surface area contributed by atoms with Crippen LogP contribution in [0.15, 0.2) is 0 Å². The molecule has 0 aromatic carbocycles. The molecule has 1 heterocycles. The molecule has 1 rings (SSSR count). The van der Waals surface area contributed by atoms with E-state index in [0.29, 0.717) is 5.13 Å². The van der Waals surface area contributed by atoms with E-state index in [1.54, 1.807) is 6.92 Å². The van der Waals surface area contributed by atoms with Gasteiger partial charge >= 0.3 is 5.97 Å². The number of carbonyl (C=O) groups is 1. The Kier molecular flexibility index (Phi) is 3.28. The summed E-state index contributed by atoms with van der Waals surface area (Å²) in [5, 5.41) is 12.0. The smallest absolute Gasteiger partial charge is 0.325 e. The molecule has 0 unspecified atom stereocenters. The fourth-order valence-electron chi connectivity index (χ4n) is 0.834. The van der Waals surface area contributed by atoms with E-state index in [4.69, 9.17) is 5.11 Å². The number of aliphatic carboxylic acids is 1. The van der Waals surface area contributed by atoms with E-state index in [1.165, 1.54) is 11.5 Å². The van der Waals surface area contributed by atoms with Crippen molar-refractivity contribution in [3.63, 3.8) is 0 Å². The Morgan fingerprint density at radius 1 is 1.53 bits per heavy atom. The molecule has 0 fully saturated rings. The normalized spacial score (nSPS) is 13.6. The van der Waals surface area contributed by atoms with Gasteiger partial charge in [-0.25, -0.2) is 4.98 Å². The predicted molar refractivity (Wildman–Crippen MR) is 59.3 cm³/mol. The van der Waals surface area contributed by atoms with Crippen molar-refractivity contribution in [1.29, 1.82) is 0 Å². The molecule has 0 aliphatic heterocycles. The van der Waals surface area contributed by atoms with Gasteiger partial charge in [0.1, 0.15) is 11.9 Å². The van der Waals surface area contributed by atoms with Crippen LogP contribution >= 0.6 is 11.5 Å². The summed E-state index contributed by atoms with van der Waals surface area (Å²) in [4.78, 5) is 14.8. The van der Waals surface area contributed by atoms with Crippen LogP contribution in [-0.4, -0.2) is 26.5 Å². The zero-order valence-corrected chi connectivity index (χ0v) is 10.1. The molecule has 0 amide bonds. The second-order valence-corrected chi connectivity index (χ2v) is 5.13. The minimum absolute atomic E-state index is 0.108. The fraction of sp³-hybridized carbons (Fsp3) is 0.667. The minimum atomic E-state index is -0.900. The molecule has 84 valence electrons. The number of hydrogen-bond acceptors (Lipinski definition) is 5. The summed E-state index contributed by atoms with van der Waals surface area (Å²) in [6, 6.07) is -0.647. The highest BCUT2D eigenvalue weighted by molar-refractivity contribution is 7.09. The highest BCUT2D eigenvalue weighted by atomic mass is 32.1.